The minimum atomic E-state index is -4.74. The molecular formula is C12H14BrF3N2O2. The van der Waals surface area contributed by atoms with Crippen molar-refractivity contribution in [2.24, 2.45) is 0 Å². The van der Waals surface area contributed by atoms with Gasteiger partial charge in [0, 0.05) is 19.3 Å². The van der Waals surface area contributed by atoms with Crippen LogP contribution in [0.1, 0.15) is 6.92 Å². The topological polar surface area (TPSA) is 41.6 Å². The van der Waals surface area contributed by atoms with E-state index in [0.717, 1.165) is 0 Å². The van der Waals surface area contributed by atoms with E-state index < -0.39 is 6.36 Å². The van der Waals surface area contributed by atoms with Crippen molar-refractivity contribution in [2.75, 3.05) is 25.5 Å². The van der Waals surface area contributed by atoms with Crippen LogP contribution < -0.4 is 10.1 Å². The predicted molar refractivity (Wildman–Crippen MR) is 72.6 cm³/mol. The monoisotopic (exact) mass is 354 g/mol. The summed E-state index contributed by atoms with van der Waals surface area (Å²) in [6.07, 6.45) is -4.74. The van der Waals surface area contributed by atoms with Crippen LogP contribution in [0.25, 0.3) is 0 Å². The number of rotatable bonds is 5. The molecule has 0 saturated heterocycles. The zero-order chi connectivity index (χ0) is 15.3. The molecule has 0 atom stereocenters. The van der Waals surface area contributed by atoms with Crippen LogP contribution in [0.3, 0.4) is 0 Å². The van der Waals surface area contributed by atoms with Crippen molar-refractivity contribution < 1.29 is 22.7 Å². The van der Waals surface area contributed by atoms with Crippen molar-refractivity contribution in [1.29, 1.82) is 0 Å². The second-order valence-corrected chi connectivity index (χ2v) is 4.81. The fourth-order valence-corrected chi connectivity index (χ4v) is 1.77. The smallest absolute Gasteiger partial charge is 0.405 e. The summed E-state index contributed by atoms with van der Waals surface area (Å²) in [6.45, 7) is 2.50. The van der Waals surface area contributed by atoms with Crippen LogP contribution in [0.4, 0.5) is 18.9 Å². The second kappa shape index (κ2) is 6.83. The van der Waals surface area contributed by atoms with Gasteiger partial charge in [0.25, 0.3) is 0 Å². The second-order valence-electron chi connectivity index (χ2n) is 3.95. The maximum absolute atomic E-state index is 12.1. The summed E-state index contributed by atoms with van der Waals surface area (Å²) in [6, 6.07) is 4.00. The van der Waals surface area contributed by atoms with Crippen LogP contribution >= 0.6 is 15.9 Å². The largest absolute Gasteiger partial charge is 0.573 e. The van der Waals surface area contributed by atoms with E-state index in [1.54, 1.807) is 7.05 Å². The maximum atomic E-state index is 12.1. The Balaban J connectivity index is 2.66. The number of likely N-dealkylation sites (N-methyl/N-ethyl adjacent to an activating group) is 1. The predicted octanol–water partition coefficient (Wildman–Crippen LogP) is 3.24. The fraction of sp³-hybridized carbons (Fsp3) is 0.417. The molecule has 0 heterocycles. The normalized spacial score (nSPS) is 11.1. The summed E-state index contributed by atoms with van der Waals surface area (Å²) in [4.78, 5) is 13.1. The third-order valence-corrected chi connectivity index (χ3v) is 3.12. The van der Waals surface area contributed by atoms with Crippen molar-refractivity contribution >= 4 is 27.5 Å². The first-order chi connectivity index (χ1) is 9.23. The highest BCUT2D eigenvalue weighted by Crippen LogP contribution is 2.32. The molecule has 1 aromatic rings. The Hall–Kier alpha value is -1.44. The molecule has 0 aromatic heterocycles. The Morgan fingerprint density at radius 3 is 2.60 bits per heavy atom. The molecule has 0 bridgehead atoms. The van der Waals surface area contributed by atoms with Gasteiger partial charge in [-0.3, -0.25) is 4.79 Å². The SMILES string of the molecule is CCN(C)C(=O)CNc1ccc(OC(F)(F)F)c(Br)c1. The molecule has 0 spiro atoms. The molecule has 1 aromatic carbocycles. The van der Waals surface area contributed by atoms with E-state index in [4.69, 9.17) is 0 Å². The molecule has 1 rings (SSSR count). The summed E-state index contributed by atoms with van der Waals surface area (Å²) < 4.78 is 40.3. The third-order valence-electron chi connectivity index (χ3n) is 2.50. The number of nitrogens with one attached hydrogen (secondary N) is 1. The summed E-state index contributed by atoms with van der Waals surface area (Å²) in [5.74, 6) is -0.445. The van der Waals surface area contributed by atoms with Gasteiger partial charge in [0.15, 0.2) is 0 Å². The lowest BCUT2D eigenvalue weighted by Gasteiger charge is -2.16. The first-order valence-corrected chi connectivity index (χ1v) is 6.55. The molecule has 0 aliphatic carbocycles. The number of ether oxygens (including phenoxy) is 1. The zero-order valence-electron chi connectivity index (χ0n) is 10.9. The molecule has 20 heavy (non-hydrogen) atoms. The molecule has 1 amide bonds. The summed E-state index contributed by atoms with van der Waals surface area (Å²) in [7, 11) is 1.67. The molecule has 1 N–H and O–H groups in total. The number of amides is 1. The van der Waals surface area contributed by atoms with Gasteiger partial charge in [-0.2, -0.15) is 0 Å². The number of benzene rings is 1. The van der Waals surface area contributed by atoms with Crippen LogP contribution in [-0.4, -0.2) is 37.3 Å². The van der Waals surface area contributed by atoms with Crippen LogP contribution in [-0.2, 0) is 4.79 Å². The lowest BCUT2D eigenvalue weighted by atomic mass is 10.3. The van der Waals surface area contributed by atoms with Crippen LogP contribution in [0.5, 0.6) is 5.75 Å². The van der Waals surface area contributed by atoms with Crippen molar-refractivity contribution in [1.82, 2.24) is 4.90 Å². The molecule has 0 saturated carbocycles. The summed E-state index contributed by atoms with van der Waals surface area (Å²) in [5, 5.41) is 2.83. The number of anilines is 1. The highest BCUT2D eigenvalue weighted by Gasteiger charge is 2.31. The van der Waals surface area contributed by atoms with Gasteiger partial charge in [-0.05, 0) is 41.1 Å². The molecule has 0 aliphatic heterocycles. The molecule has 0 aliphatic rings. The summed E-state index contributed by atoms with van der Waals surface area (Å²) >= 11 is 2.99. The van der Waals surface area contributed by atoms with Gasteiger partial charge in [-0.15, -0.1) is 13.2 Å². The Labute approximate surface area is 123 Å². The van der Waals surface area contributed by atoms with E-state index in [-0.39, 0.29) is 22.7 Å². The van der Waals surface area contributed by atoms with E-state index >= 15 is 0 Å². The van der Waals surface area contributed by atoms with Crippen molar-refractivity contribution in [3.8, 4) is 5.75 Å². The van der Waals surface area contributed by atoms with Gasteiger partial charge in [0.1, 0.15) is 5.75 Å². The molecule has 0 unspecified atom stereocenters. The van der Waals surface area contributed by atoms with E-state index in [0.29, 0.717) is 12.2 Å². The van der Waals surface area contributed by atoms with E-state index in [2.05, 4.69) is 26.0 Å². The number of nitrogens with zero attached hydrogens (tertiary/aromatic N) is 1. The third kappa shape index (κ3) is 5.28. The van der Waals surface area contributed by atoms with Gasteiger partial charge in [0.2, 0.25) is 5.91 Å². The van der Waals surface area contributed by atoms with Gasteiger partial charge in [0.05, 0.1) is 11.0 Å². The fourth-order valence-electron chi connectivity index (χ4n) is 1.31. The van der Waals surface area contributed by atoms with Crippen molar-refractivity contribution in [3.05, 3.63) is 22.7 Å². The maximum Gasteiger partial charge on any atom is 0.573 e. The minimum Gasteiger partial charge on any atom is -0.405 e. The van der Waals surface area contributed by atoms with E-state index in [1.807, 2.05) is 6.92 Å². The standard InChI is InChI=1S/C12H14BrF3N2O2/c1-3-18(2)11(19)7-17-8-4-5-10(9(13)6-8)20-12(14,15)16/h4-6,17H,3,7H2,1-2H3. The molecule has 0 radical (unpaired) electrons. The van der Waals surface area contributed by atoms with Gasteiger partial charge < -0.3 is 15.0 Å². The minimum absolute atomic E-state index is 0.0657. The van der Waals surface area contributed by atoms with Crippen LogP contribution in [0, 0.1) is 0 Å². The molecule has 4 nitrogen and oxygen atoms in total. The average molecular weight is 355 g/mol. The number of hydrogen-bond acceptors (Lipinski definition) is 3. The lowest BCUT2D eigenvalue weighted by Crippen LogP contribution is -2.31. The Bertz CT molecular complexity index is 480. The van der Waals surface area contributed by atoms with Crippen molar-refractivity contribution in [2.45, 2.75) is 13.3 Å². The highest BCUT2D eigenvalue weighted by molar-refractivity contribution is 9.10. The van der Waals surface area contributed by atoms with Gasteiger partial charge in [-0.25, -0.2) is 0 Å². The van der Waals surface area contributed by atoms with Crippen LogP contribution in [0.15, 0.2) is 22.7 Å². The number of carbonyl (C=O) groups is 1. The quantitative estimate of drug-likeness (QED) is 0.882. The number of hydrogen-bond donors (Lipinski definition) is 1. The Kier molecular flexibility index (Phi) is 5.67. The Morgan fingerprint density at radius 1 is 1.45 bits per heavy atom. The summed E-state index contributed by atoms with van der Waals surface area (Å²) in [5.41, 5.74) is 0.518. The van der Waals surface area contributed by atoms with Gasteiger partial charge in [-0.1, -0.05) is 0 Å². The lowest BCUT2D eigenvalue weighted by molar-refractivity contribution is -0.274. The average Bonchev–Trinajstić information content (AvgIpc) is 2.36. The molecular weight excluding hydrogens is 341 g/mol. The number of carbonyl (C=O) groups excluding carboxylic acids is 1. The van der Waals surface area contributed by atoms with Gasteiger partial charge >= 0.3 is 6.36 Å². The Morgan fingerprint density at radius 2 is 2.10 bits per heavy atom. The number of alkyl halides is 3. The zero-order valence-corrected chi connectivity index (χ0v) is 12.5. The van der Waals surface area contributed by atoms with Crippen LogP contribution in [0.2, 0.25) is 0 Å². The highest BCUT2D eigenvalue weighted by atomic mass is 79.9. The molecule has 8 heteroatoms. The first-order valence-electron chi connectivity index (χ1n) is 5.76. The van der Waals surface area contributed by atoms with E-state index in [1.165, 1.54) is 23.1 Å². The van der Waals surface area contributed by atoms with E-state index in [9.17, 15) is 18.0 Å². The van der Waals surface area contributed by atoms with Crippen molar-refractivity contribution in [3.63, 3.8) is 0 Å². The molecule has 0 fully saturated rings. The first kappa shape index (κ1) is 16.6. The number of halogens is 4. The molecule has 112 valence electrons.